The van der Waals surface area contributed by atoms with Crippen molar-refractivity contribution in [3.63, 3.8) is 0 Å². The number of carbonyl (C=O) groups is 1. The summed E-state index contributed by atoms with van der Waals surface area (Å²) in [5.41, 5.74) is 0.734. The van der Waals surface area contributed by atoms with Crippen LogP contribution in [0.15, 0.2) is 18.2 Å². The third-order valence-electron chi connectivity index (χ3n) is 1.87. The van der Waals surface area contributed by atoms with Crippen molar-refractivity contribution in [3.8, 4) is 0 Å². The van der Waals surface area contributed by atoms with Gasteiger partial charge in [0.05, 0.1) is 4.92 Å². The van der Waals surface area contributed by atoms with E-state index in [0.29, 0.717) is 18.5 Å². The number of rotatable bonds is 5. The molecule has 0 aliphatic carbocycles. The molecule has 0 bridgehead atoms. The number of nitrogens with one attached hydrogen (secondary N) is 3. The first-order chi connectivity index (χ1) is 8.10. The van der Waals surface area contributed by atoms with Gasteiger partial charge < -0.3 is 10.4 Å². The van der Waals surface area contributed by atoms with Crippen molar-refractivity contribution >= 4 is 52.0 Å². The minimum Gasteiger partial charge on any atom is -0.358 e. The molecule has 17 heavy (non-hydrogen) atoms. The van der Waals surface area contributed by atoms with Crippen molar-refractivity contribution < 1.29 is 9.72 Å². The smallest absolute Gasteiger partial charge is 0.270 e. The Morgan fingerprint density at radius 1 is 1.59 bits per heavy atom. The monoisotopic (exact) mass is 366 g/mol. The number of halogens is 1. The highest BCUT2D eigenvalue weighted by Gasteiger charge is 2.13. The van der Waals surface area contributed by atoms with Crippen molar-refractivity contribution in [3.05, 3.63) is 33.9 Å². The number of carbonyl (C=O) groups excluding carboxylic acids is 1. The molecular formula is C8H8IN4O3P. The molecule has 0 aliphatic heterocycles. The lowest BCUT2D eigenvalue weighted by molar-refractivity contribution is -0.384. The van der Waals surface area contributed by atoms with Crippen LogP contribution in [-0.2, 0) is 4.79 Å². The molecule has 9 heteroatoms. The molecule has 1 amide bonds. The molecule has 0 radical (unpaired) electrons. The van der Waals surface area contributed by atoms with Gasteiger partial charge in [0.25, 0.3) is 5.69 Å². The summed E-state index contributed by atoms with van der Waals surface area (Å²) in [6, 6.07) is 4.11. The second-order valence-corrected chi connectivity index (χ2v) is 4.90. The maximum absolute atomic E-state index is 10.6. The Hall–Kier alpha value is -1.28. The molecule has 0 saturated carbocycles. The van der Waals surface area contributed by atoms with Crippen molar-refractivity contribution in [2.45, 2.75) is 0 Å². The number of amidine groups is 1. The maximum atomic E-state index is 10.6. The number of non-ortho nitro benzene ring substituents is 1. The van der Waals surface area contributed by atoms with Gasteiger partial charge >= 0.3 is 0 Å². The first kappa shape index (κ1) is 13.8. The molecule has 3 N–H and O–H groups in total. The number of nitro groups is 1. The zero-order chi connectivity index (χ0) is 12.8. The average Bonchev–Trinajstić information content (AvgIpc) is 2.30. The van der Waals surface area contributed by atoms with Crippen LogP contribution < -0.4 is 10.4 Å². The summed E-state index contributed by atoms with van der Waals surface area (Å²) in [4.78, 5) is 20.4. The van der Waals surface area contributed by atoms with Gasteiger partial charge in [0.15, 0.2) is 0 Å². The van der Waals surface area contributed by atoms with Gasteiger partial charge in [0.2, 0.25) is 6.41 Å². The van der Waals surface area contributed by atoms with Gasteiger partial charge in [-0.1, -0.05) is 0 Å². The fourth-order valence-electron chi connectivity index (χ4n) is 1.15. The van der Waals surface area contributed by atoms with Gasteiger partial charge in [-0.2, -0.15) is 0 Å². The SMILES string of the molecule is N=C(NC=O)c1cc([N+](=O)[O-])ccc1NPI. The summed E-state index contributed by atoms with van der Waals surface area (Å²) < 4.78 is 0. The van der Waals surface area contributed by atoms with E-state index in [1.807, 2.05) is 0 Å². The van der Waals surface area contributed by atoms with Gasteiger partial charge in [0.1, 0.15) is 5.84 Å². The van der Waals surface area contributed by atoms with Gasteiger partial charge in [-0.25, -0.2) is 0 Å². The topological polar surface area (TPSA) is 108 Å². The quantitative estimate of drug-likeness (QED) is 0.141. The molecule has 0 fully saturated rings. The largest absolute Gasteiger partial charge is 0.358 e. The van der Waals surface area contributed by atoms with Gasteiger partial charge in [-0.05, 0) is 28.1 Å². The molecule has 0 spiro atoms. The summed E-state index contributed by atoms with van der Waals surface area (Å²) in [6.45, 7) is 0. The highest BCUT2D eigenvalue weighted by atomic mass is 127. The Labute approximate surface area is 111 Å². The fraction of sp³-hybridized carbons (Fsp3) is 0. The molecule has 0 heterocycles. The molecule has 90 valence electrons. The Morgan fingerprint density at radius 3 is 2.82 bits per heavy atom. The van der Waals surface area contributed by atoms with E-state index in [1.165, 1.54) is 18.2 Å². The average molecular weight is 366 g/mol. The number of anilines is 1. The molecule has 0 aliphatic rings. The van der Waals surface area contributed by atoms with Crippen molar-refractivity contribution in [2.24, 2.45) is 0 Å². The standard InChI is InChI=1S/C8H8IN4O3P/c9-17-12-7-2-1-5(13(15)16)3-6(7)8(10)11-4-14/h1-4,12,17H,(H2,10,11,14). The lowest BCUT2D eigenvalue weighted by Gasteiger charge is -2.09. The molecule has 1 aromatic rings. The highest BCUT2D eigenvalue weighted by molar-refractivity contribution is 14.2. The van der Waals surface area contributed by atoms with Crippen LogP contribution in [0.4, 0.5) is 11.4 Å². The Bertz CT molecular complexity index is 468. The zero-order valence-electron chi connectivity index (χ0n) is 8.36. The van der Waals surface area contributed by atoms with Crippen molar-refractivity contribution in [2.75, 3.05) is 5.09 Å². The summed E-state index contributed by atoms with van der Waals surface area (Å²) in [6.07, 6.45) is 0.713. The predicted octanol–water partition coefficient (Wildman–Crippen LogP) is 2.02. The van der Waals surface area contributed by atoms with E-state index in [-0.39, 0.29) is 17.1 Å². The van der Waals surface area contributed by atoms with Gasteiger partial charge in [0, 0.05) is 29.8 Å². The number of nitro benzene ring substituents is 1. The zero-order valence-corrected chi connectivity index (χ0v) is 11.5. The molecule has 1 unspecified atom stereocenters. The van der Waals surface area contributed by atoms with Crippen LogP contribution in [-0.4, -0.2) is 17.2 Å². The van der Waals surface area contributed by atoms with Crippen LogP contribution in [0.5, 0.6) is 0 Å². The third-order valence-corrected chi connectivity index (χ3v) is 3.04. The molecule has 1 aromatic carbocycles. The Morgan fingerprint density at radius 2 is 2.29 bits per heavy atom. The summed E-state index contributed by atoms with van der Waals surface area (Å²) in [5.74, 6) is -0.180. The minimum absolute atomic E-state index is 0.125. The molecule has 1 atom stereocenters. The number of amides is 1. The Balaban J connectivity index is 3.19. The van der Waals surface area contributed by atoms with E-state index in [2.05, 4.69) is 32.4 Å². The normalized spacial score (nSPS) is 10.2. The fourth-order valence-corrected chi connectivity index (χ4v) is 2.34. The lowest BCUT2D eigenvalue weighted by atomic mass is 10.1. The van der Waals surface area contributed by atoms with Gasteiger partial charge in [-0.3, -0.25) is 20.3 Å². The van der Waals surface area contributed by atoms with Crippen LogP contribution in [0.25, 0.3) is 0 Å². The number of nitrogens with zero attached hydrogens (tertiary/aromatic N) is 1. The molecule has 0 saturated heterocycles. The van der Waals surface area contributed by atoms with Crippen LogP contribution >= 0.6 is 28.4 Å². The third kappa shape index (κ3) is 3.60. The van der Waals surface area contributed by atoms with Crippen molar-refractivity contribution in [1.82, 2.24) is 5.32 Å². The summed E-state index contributed by atoms with van der Waals surface area (Å²) >= 11 is 2.10. The summed E-state index contributed by atoms with van der Waals surface area (Å²) in [5, 5.41) is 23.4. The van der Waals surface area contributed by atoms with E-state index in [4.69, 9.17) is 5.41 Å². The lowest BCUT2D eigenvalue weighted by Crippen LogP contribution is -2.22. The van der Waals surface area contributed by atoms with Crippen LogP contribution in [0, 0.1) is 15.5 Å². The van der Waals surface area contributed by atoms with Crippen LogP contribution in [0.3, 0.4) is 0 Å². The minimum atomic E-state index is -0.548. The van der Waals surface area contributed by atoms with E-state index in [9.17, 15) is 14.9 Å². The molecular weight excluding hydrogens is 358 g/mol. The molecule has 1 rings (SSSR count). The maximum Gasteiger partial charge on any atom is 0.270 e. The Kier molecular flexibility index (Phi) is 5.23. The van der Waals surface area contributed by atoms with E-state index in [0.717, 1.165) is 0 Å². The van der Waals surface area contributed by atoms with E-state index >= 15 is 0 Å². The first-order valence-corrected chi connectivity index (χ1v) is 8.40. The van der Waals surface area contributed by atoms with Gasteiger partial charge in [-0.15, -0.1) is 0 Å². The summed E-state index contributed by atoms with van der Waals surface area (Å²) in [7, 11) is 0. The van der Waals surface area contributed by atoms with Crippen molar-refractivity contribution in [1.29, 1.82) is 5.41 Å². The first-order valence-electron chi connectivity index (χ1n) is 4.29. The number of hydrogen-bond donors (Lipinski definition) is 3. The second-order valence-electron chi connectivity index (χ2n) is 2.84. The second kappa shape index (κ2) is 6.45. The predicted molar refractivity (Wildman–Crippen MR) is 75.1 cm³/mol. The number of benzene rings is 1. The molecule has 7 nitrogen and oxygen atoms in total. The van der Waals surface area contributed by atoms with Crippen LogP contribution in [0.1, 0.15) is 5.56 Å². The van der Waals surface area contributed by atoms with E-state index in [1.54, 1.807) is 0 Å². The highest BCUT2D eigenvalue weighted by Crippen LogP contribution is 2.29. The molecule has 0 aromatic heterocycles. The van der Waals surface area contributed by atoms with Crippen LogP contribution in [0.2, 0.25) is 0 Å². The van der Waals surface area contributed by atoms with E-state index < -0.39 is 4.92 Å². The number of hydrogen-bond acceptors (Lipinski definition) is 5.